The molecule has 0 aromatic heterocycles. The summed E-state index contributed by atoms with van der Waals surface area (Å²) in [5.41, 5.74) is 0. The van der Waals surface area contributed by atoms with E-state index in [0.717, 1.165) is 71.0 Å². The maximum absolute atomic E-state index is 2.62. The van der Waals surface area contributed by atoms with E-state index in [-0.39, 0.29) is 0 Å². The number of hydrogen-bond acceptors (Lipinski definition) is 0. The van der Waals surface area contributed by atoms with Crippen LogP contribution in [0.1, 0.15) is 164 Å². The third-order valence-corrected chi connectivity index (χ3v) is 13.2. The van der Waals surface area contributed by atoms with Crippen molar-refractivity contribution in [2.24, 2.45) is 71.0 Å². The van der Waals surface area contributed by atoms with Gasteiger partial charge in [-0.05, 0) is 122 Å². The molecule has 5 saturated carbocycles. The van der Waals surface area contributed by atoms with Gasteiger partial charge >= 0.3 is 0 Å². The second kappa shape index (κ2) is 14.6. The maximum Gasteiger partial charge on any atom is -0.0321 e. The van der Waals surface area contributed by atoms with Crippen LogP contribution in [0.25, 0.3) is 0 Å². The summed E-state index contributed by atoms with van der Waals surface area (Å²) in [4.78, 5) is 0. The molecule has 0 nitrogen and oxygen atoms in total. The lowest BCUT2D eigenvalue weighted by atomic mass is 9.54. The number of unbranched alkanes of at least 4 members (excludes halogenated alkanes) is 1. The van der Waals surface area contributed by atoms with Crippen molar-refractivity contribution >= 4 is 0 Å². The Labute approximate surface area is 234 Å². The molecule has 0 radical (unpaired) electrons. The normalized spacial score (nSPS) is 46.2. The average molecular weight is 513 g/mol. The van der Waals surface area contributed by atoms with Gasteiger partial charge in [0.05, 0.1) is 0 Å². The lowest BCUT2D eigenvalue weighted by molar-refractivity contribution is -0.0197. The first kappa shape index (κ1) is 30.0. The Balaban J connectivity index is 0.000000186. The van der Waals surface area contributed by atoms with Crippen molar-refractivity contribution in [1.82, 2.24) is 0 Å². The standard InChI is InChI=1S/C22H40.C15H28/c1-4-6-12-19-16(3)15-18-11-9-14-21(18)22(19)20-13-8-7-10-17(20)5-2;1-4-13-9-12(3)6-8-15(13)14-7-5-11(2)10-14/h16-22H,4-15H2,1-3H3;11-15H,4-10H2,1-3H3. The van der Waals surface area contributed by atoms with Gasteiger partial charge in [0.25, 0.3) is 0 Å². The molecule has 12 atom stereocenters. The van der Waals surface area contributed by atoms with E-state index in [4.69, 9.17) is 0 Å². The summed E-state index contributed by atoms with van der Waals surface area (Å²) < 4.78 is 0. The Kier molecular flexibility index (Phi) is 11.8. The summed E-state index contributed by atoms with van der Waals surface area (Å²) in [5.74, 6) is 12.8. The second-order valence-corrected chi connectivity index (χ2v) is 15.5. The Bertz CT molecular complexity index is 634. The predicted octanol–water partition coefficient (Wildman–Crippen LogP) is 12.0. The molecule has 12 unspecified atom stereocenters. The highest BCUT2D eigenvalue weighted by molar-refractivity contribution is 4.98. The number of rotatable bonds is 7. The molecule has 0 spiro atoms. The van der Waals surface area contributed by atoms with Gasteiger partial charge in [0.15, 0.2) is 0 Å². The van der Waals surface area contributed by atoms with Crippen LogP contribution in [0.2, 0.25) is 0 Å². The highest BCUT2D eigenvalue weighted by Crippen LogP contribution is 2.57. The molecule has 5 fully saturated rings. The van der Waals surface area contributed by atoms with Gasteiger partial charge in [-0.2, -0.15) is 0 Å². The largest absolute Gasteiger partial charge is 0.0654 e. The molecule has 0 aromatic carbocycles. The van der Waals surface area contributed by atoms with Crippen molar-refractivity contribution in [1.29, 1.82) is 0 Å². The van der Waals surface area contributed by atoms with Crippen LogP contribution in [0.4, 0.5) is 0 Å². The van der Waals surface area contributed by atoms with Gasteiger partial charge in [-0.1, -0.05) is 112 Å². The Hall–Kier alpha value is 0. The molecule has 5 aliphatic rings. The van der Waals surface area contributed by atoms with Crippen LogP contribution in [0.15, 0.2) is 0 Å². The van der Waals surface area contributed by atoms with Gasteiger partial charge in [-0.3, -0.25) is 0 Å². The minimum Gasteiger partial charge on any atom is -0.0654 e. The smallest absolute Gasteiger partial charge is 0.0321 e. The molecule has 0 aliphatic heterocycles. The van der Waals surface area contributed by atoms with Gasteiger partial charge in [-0.15, -0.1) is 0 Å². The van der Waals surface area contributed by atoms with E-state index in [9.17, 15) is 0 Å². The molecule has 0 amide bonds. The van der Waals surface area contributed by atoms with Crippen LogP contribution >= 0.6 is 0 Å². The van der Waals surface area contributed by atoms with Crippen LogP contribution < -0.4 is 0 Å². The molecule has 5 rings (SSSR count). The van der Waals surface area contributed by atoms with E-state index in [2.05, 4.69) is 41.5 Å². The zero-order chi connectivity index (χ0) is 26.4. The fraction of sp³-hybridized carbons (Fsp3) is 1.00. The summed E-state index contributed by atoms with van der Waals surface area (Å²) in [6, 6.07) is 0. The van der Waals surface area contributed by atoms with Gasteiger partial charge in [0.1, 0.15) is 0 Å². The third-order valence-electron chi connectivity index (χ3n) is 13.2. The Morgan fingerprint density at radius 3 is 1.92 bits per heavy atom. The molecule has 0 heterocycles. The molecule has 0 saturated heterocycles. The summed E-state index contributed by atoms with van der Waals surface area (Å²) in [5, 5.41) is 0. The summed E-state index contributed by atoms with van der Waals surface area (Å²) in [6.45, 7) is 14.8. The lowest BCUT2D eigenvalue weighted by Gasteiger charge is -2.51. The highest BCUT2D eigenvalue weighted by Gasteiger charge is 2.48. The molecular weight excluding hydrogens is 444 g/mol. The number of hydrogen-bond donors (Lipinski definition) is 0. The van der Waals surface area contributed by atoms with Crippen molar-refractivity contribution in [2.75, 3.05) is 0 Å². The molecule has 0 aromatic rings. The zero-order valence-corrected chi connectivity index (χ0v) is 26.4. The molecule has 5 aliphatic carbocycles. The van der Waals surface area contributed by atoms with E-state index in [1.54, 1.807) is 44.9 Å². The minimum absolute atomic E-state index is 1.00. The molecule has 0 bridgehead atoms. The van der Waals surface area contributed by atoms with Crippen molar-refractivity contribution < 1.29 is 0 Å². The van der Waals surface area contributed by atoms with Crippen LogP contribution in [0.3, 0.4) is 0 Å². The Morgan fingerprint density at radius 2 is 1.22 bits per heavy atom. The van der Waals surface area contributed by atoms with E-state index < -0.39 is 0 Å². The molecular formula is C37H68. The van der Waals surface area contributed by atoms with E-state index in [0.29, 0.717) is 0 Å². The second-order valence-electron chi connectivity index (χ2n) is 15.5. The fourth-order valence-electron chi connectivity index (χ4n) is 11.3. The third kappa shape index (κ3) is 7.40. The van der Waals surface area contributed by atoms with Crippen molar-refractivity contribution in [2.45, 2.75) is 164 Å². The highest BCUT2D eigenvalue weighted by atomic mass is 14.5. The van der Waals surface area contributed by atoms with E-state index in [1.807, 2.05) is 0 Å². The van der Waals surface area contributed by atoms with Crippen LogP contribution in [0.5, 0.6) is 0 Å². The molecule has 0 N–H and O–H groups in total. The SMILES string of the molecule is CCC1CC(C)CCC1C1CCC(C)C1.CCCCC1C(C)CC2CCCC2C1C1CCCCC1CC. The summed E-state index contributed by atoms with van der Waals surface area (Å²) in [7, 11) is 0. The number of fused-ring (bicyclic) bond motifs is 1. The zero-order valence-electron chi connectivity index (χ0n) is 26.4. The van der Waals surface area contributed by atoms with Crippen molar-refractivity contribution in [3.05, 3.63) is 0 Å². The quantitative estimate of drug-likeness (QED) is 0.318. The summed E-state index contributed by atoms with van der Waals surface area (Å²) in [6.07, 6.45) is 28.9. The topological polar surface area (TPSA) is 0 Å². The van der Waals surface area contributed by atoms with Crippen molar-refractivity contribution in [3.63, 3.8) is 0 Å². The van der Waals surface area contributed by atoms with Crippen LogP contribution in [-0.4, -0.2) is 0 Å². The average Bonchev–Trinajstić information content (AvgIpc) is 3.56. The van der Waals surface area contributed by atoms with Gasteiger partial charge in [0.2, 0.25) is 0 Å². The first-order valence-corrected chi connectivity index (χ1v) is 18.0. The first-order valence-electron chi connectivity index (χ1n) is 18.0. The monoisotopic (exact) mass is 513 g/mol. The predicted molar refractivity (Wildman–Crippen MR) is 164 cm³/mol. The molecule has 216 valence electrons. The van der Waals surface area contributed by atoms with Crippen molar-refractivity contribution in [3.8, 4) is 0 Å². The maximum atomic E-state index is 2.62. The van der Waals surface area contributed by atoms with Crippen LogP contribution in [0, 0.1) is 71.0 Å². The lowest BCUT2D eigenvalue weighted by Crippen LogP contribution is -2.44. The molecule has 0 heteroatoms. The first-order chi connectivity index (χ1) is 18.0. The van der Waals surface area contributed by atoms with Gasteiger partial charge < -0.3 is 0 Å². The fourth-order valence-corrected chi connectivity index (χ4v) is 11.3. The minimum atomic E-state index is 1.00. The van der Waals surface area contributed by atoms with E-state index in [1.165, 1.54) is 77.0 Å². The summed E-state index contributed by atoms with van der Waals surface area (Å²) >= 11 is 0. The van der Waals surface area contributed by atoms with Gasteiger partial charge in [0, 0.05) is 0 Å². The van der Waals surface area contributed by atoms with E-state index >= 15 is 0 Å². The van der Waals surface area contributed by atoms with Crippen LogP contribution in [-0.2, 0) is 0 Å². The molecule has 37 heavy (non-hydrogen) atoms. The Morgan fingerprint density at radius 1 is 0.541 bits per heavy atom. The van der Waals surface area contributed by atoms with Gasteiger partial charge in [-0.25, -0.2) is 0 Å².